The normalized spacial score (nSPS) is 12.0. The van der Waals surface area contributed by atoms with Crippen LogP contribution in [0.5, 0.6) is 5.75 Å². The highest BCUT2D eigenvalue weighted by molar-refractivity contribution is 7.92. The second-order valence-corrected chi connectivity index (χ2v) is 10.2. The van der Waals surface area contributed by atoms with Gasteiger partial charge in [0.15, 0.2) is 0 Å². The molecule has 0 heterocycles. The first-order valence-corrected chi connectivity index (χ1v) is 14.0. The largest absolute Gasteiger partial charge is 0.492 e. The summed E-state index contributed by atoms with van der Waals surface area (Å²) in [5, 5.41) is 2.77. The summed E-state index contributed by atoms with van der Waals surface area (Å²) in [6, 6.07) is 11.9. The molecule has 10 heteroatoms. The average Bonchev–Trinajstić information content (AvgIpc) is 2.83. The van der Waals surface area contributed by atoms with Crippen molar-refractivity contribution in [1.29, 1.82) is 0 Å². The van der Waals surface area contributed by atoms with Crippen molar-refractivity contribution < 1.29 is 27.1 Å². The second-order valence-electron chi connectivity index (χ2n) is 8.31. The first-order valence-electron chi connectivity index (χ1n) is 12.1. The lowest BCUT2D eigenvalue weighted by molar-refractivity contribution is -0.141. The standard InChI is InChI=1S/C26H36FN3O5S/c1-5-22(26(32)28-6-2)29(19-20-14-16-21(27)17-15-20)25(31)13-10-18-30(36(4,33)34)23-11-8-9-12-24(23)35-7-3/h8-9,11-12,14-17,22H,5-7,10,13,18-19H2,1-4H3,(H,28,32)/t22-/m1/s1. The van der Waals surface area contributed by atoms with Crippen molar-refractivity contribution in [3.63, 3.8) is 0 Å². The lowest BCUT2D eigenvalue weighted by atomic mass is 10.1. The molecule has 0 spiro atoms. The van der Waals surface area contributed by atoms with Gasteiger partial charge < -0.3 is 15.0 Å². The van der Waals surface area contributed by atoms with Gasteiger partial charge in [0.05, 0.1) is 18.6 Å². The summed E-state index contributed by atoms with van der Waals surface area (Å²) in [5.41, 5.74) is 1.10. The van der Waals surface area contributed by atoms with Crippen molar-refractivity contribution in [2.24, 2.45) is 0 Å². The molecule has 0 saturated heterocycles. The highest BCUT2D eigenvalue weighted by Gasteiger charge is 2.29. The average molecular weight is 522 g/mol. The van der Waals surface area contributed by atoms with Crippen LogP contribution >= 0.6 is 0 Å². The molecule has 0 bridgehead atoms. The molecule has 1 atom stereocenters. The van der Waals surface area contributed by atoms with Gasteiger partial charge in [-0.2, -0.15) is 0 Å². The number of carbonyl (C=O) groups excluding carboxylic acids is 2. The van der Waals surface area contributed by atoms with Gasteiger partial charge in [-0.15, -0.1) is 0 Å². The molecule has 2 aromatic carbocycles. The molecule has 2 amide bonds. The third-order valence-corrected chi connectivity index (χ3v) is 6.77. The molecule has 0 aliphatic heterocycles. The number of carbonyl (C=O) groups is 2. The van der Waals surface area contributed by atoms with Gasteiger partial charge in [0, 0.05) is 26.1 Å². The molecule has 0 aliphatic carbocycles. The van der Waals surface area contributed by atoms with Gasteiger partial charge in [-0.25, -0.2) is 12.8 Å². The van der Waals surface area contributed by atoms with Crippen molar-refractivity contribution in [3.8, 4) is 5.75 Å². The number of para-hydroxylation sites is 2. The third-order valence-electron chi connectivity index (χ3n) is 5.59. The van der Waals surface area contributed by atoms with E-state index in [4.69, 9.17) is 4.74 Å². The number of likely N-dealkylation sites (N-methyl/N-ethyl adjacent to an activating group) is 1. The van der Waals surface area contributed by atoms with Gasteiger partial charge in [0.1, 0.15) is 17.6 Å². The SMILES string of the molecule is CCNC(=O)[C@@H](CC)N(Cc1ccc(F)cc1)C(=O)CCCN(c1ccccc1OCC)S(C)(=O)=O. The van der Waals surface area contributed by atoms with Crippen LogP contribution in [0.15, 0.2) is 48.5 Å². The van der Waals surface area contributed by atoms with Gasteiger partial charge in [0.25, 0.3) is 0 Å². The van der Waals surface area contributed by atoms with Crippen LogP contribution in [0.2, 0.25) is 0 Å². The summed E-state index contributed by atoms with van der Waals surface area (Å²) in [5.74, 6) is -0.500. The summed E-state index contributed by atoms with van der Waals surface area (Å²) in [4.78, 5) is 27.5. The maximum absolute atomic E-state index is 13.4. The van der Waals surface area contributed by atoms with Crippen LogP contribution in [0.1, 0.15) is 45.6 Å². The molecule has 0 fully saturated rings. The molecular formula is C26H36FN3O5S. The third kappa shape index (κ3) is 8.22. The Morgan fingerprint density at radius 1 is 1.06 bits per heavy atom. The number of nitrogens with zero attached hydrogens (tertiary/aromatic N) is 2. The van der Waals surface area contributed by atoms with Crippen LogP contribution in [0.25, 0.3) is 0 Å². The van der Waals surface area contributed by atoms with E-state index in [0.29, 0.717) is 36.6 Å². The molecule has 36 heavy (non-hydrogen) atoms. The minimum atomic E-state index is -3.64. The second kappa shape index (κ2) is 13.8. The maximum atomic E-state index is 13.4. The van der Waals surface area contributed by atoms with Crippen LogP contribution in [0.3, 0.4) is 0 Å². The van der Waals surface area contributed by atoms with Crippen molar-refractivity contribution in [1.82, 2.24) is 10.2 Å². The number of nitrogens with one attached hydrogen (secondary N) is 1. The Morgan fingerprint density at radius 2 is 1.72 bits per heavy atom. The number of anilines is 1. The number of ether oxygens (including phenoxy) is 1. The summed E-state index contributed by atoms with van der Waals surface area (Å²) in [6.07, 6.45) is 1.77. The highest BCUT2D eigenvalue weighted by atomic mass is 32.2. The Balaban J connectivity index is 2.23. The van der Waals surface area contributed by atoms with Crippen LogP contribution in [-0.4, -0.2) is 57.1 Å². The predicted molar refractivity (Wildman–Crippen MR) is 139 cm³/mol. The molecule has 0 saturated carbocycles. The van der Waals surface area contributed by atoms with Gasteiger partial charge in [-0.1, -0.05) is 31.2 Å². The minimum Gasteiger partial charge on any atom is -0.492 e. The fourth-order valence-corrected chi connectivity index (χ4v) is 4.89. The van der Waals surface area contributed by atoms with E-state index in [2.05, 4.69) is 5.32 Å². The first-order chi connectivity index (χ1) is 17.1. The van der Waals surface area contributed by atoms with E-state index in [0.717, 1.165) is 6.26 Å². The Morgan fingerprint density at radius 3 is 2.31 bits per heavy atom. The zero-order chi connectivity index (χ0) is 26.7. The predicted octanol–water partition coefficient (Wildman–Crippen LogP) is 3.71. The molecule has 2 aromatic rings. The van der Waals surface area contributed by atoms with E-state index < -0.39 is 16.1 Å². The fourth-order valence-electron chi connectivity index (χ4n) is 3.92. The Hall–Kier alpha value is -3.14. The molecule has 2 rings (SSSR count). The quantitative estimate of drug-likeness (QED) is 0.409. The summed E-state index contributed by atoms with van der Waals surface area (Å²) in [7, 11) is -3.64. The number of hydrogen-bond acceptors (Lipinski definition) is 5. The number of amides is 2. The molecule has 0 aromatic heterocycles. The zero-order valence-electron chi connectivity index (χ0n) is 21.4. The minimum absolute atomic E-state index is 0.0277. The van der Waals surface area contributed by atoms with Crippen molar-refractivity contribution in [3.05, 3.63) is 59.9 Å². The molecule has 0 radical (unpaired) electrons. The maximum Gasteiger partial charge on any atom is 0.242 e. The van der Waals surface area contributed by atoms with E-state index >= 15 is 0 Å². The number of hydrogen-bond donors (Lipinski definition) is 1. The molecular weight excluding hydrogens is 485 g/mol. The van der Waals surface area contributed by atoms with E-state index in [1.54, 1.807) is 43.3 Å². The lowest BCUT2D eigenvalue weighted by Gasteiger charge is -2.31. The monoisotopic (exact) mass is 521 g/mol. The molecule has 8 nitrogen and oxygen atoms in total. The lowest BCUT2D eigenvalue weighted by Crippen LogP contribution is -2.49. The van der Waals surface area contributed by atoms with Crippen molar-refractivity contribution in [2.45, 2.75) is 52.6 Å². The topological polar surface area (TPSA) is 96.0 Å². The Labute approximate surface area is 213 Å². The van der Waals surface area contributed by atoms with Crippen LogP contribution in [0.4, 0.5) is 10.1 Å². The van der Waals surface area contributed by atoms with E-state index in [9.17, 15) is 22.4 Å². The van der Waals surface area contributed by atoms with Gasteiger partial charge in [-0.3, -0.25) is 13.9 Å². The van der Waals surface area contributed by atoms with Crippen LogP contribution in [0, 0.1) is 5.82 Å². The smallest absolute Gasteiger partial charge is 0.242 e. The van der Waals surface area contributed by atoms with E-state index in [1.165, 1.54) is 21.3 Å². The summed E-state index contributed by atoms with van der Waals surface area (Å²) in [6.45, 7) is 6.45. The number of sulfonamides is 1. The fraction of sp³-hybridized carbons (Fsp3) is 0.462. The molecule has 0 aliphatic rings. The zero-order valence-corrected chi connectivity index (χ0v) is 22.2. The molecule has 0 unspecified atom stereocenters. The van der Waals surface area contributed by atoms with Crippen LogP contribution < -0.4 is 14.4 Å². The first kappa shape index (κ1) is 29.1. The van der Waals surface area contributed by atoms with Crippen molar-refractivity contribution >= 4 is 27.5 Å². The van der Waals surface area contributed by atoms with Gasteiger partial charge in [0.2, 0.25) is 21.8 Å². The van der Waals surface area contributed by atoms with Gasteiger partial charge >= 0.3 is 0 Å². The van der Waals surface area contributed by atoms with Crippen molar-refractivity contribution in [2.75, 3.05) is 30.3 Å². The summed E-state index contributed by atoms with van der Waals surface area (Å²) >= 11 is 0. The molecule has 1 N–H and O–H groups in total. The number of halogens is 1. The number of benzene rings is 2. The number of rotatable bonds is 14. The molecule has 198 valence electrons. The Kier molecular flexibility index (Phi) is 11.2. The summed E-state index contributed by atoms with van der Waals surface area (Å²) < 4.78 is 45.4. The van der Waals surface area contributed by atoms with Crippen LogP contribution in [-0.2, 0) is 26.2 Å². The Bertz CT molecular complexity index is 1110. The van der Waals surface area contributed by atoms with E-state index in [-0.39, 0.29) is 43.6 Å². The van der Waals surface area contributed by atoms with Gasteiger partial charge in [-0.05, 0) is 56.5 Å². The van der Waals surface area contributed by atoms with E-state index in [1.807, 2.05) is 13.8 Å². The highest BCUT2D eigenvalue weighted by Crippen LogP contribution is 2.30.